The molecule has 0 fully saturated rings. The number of hydrogen-bond acceptors (Lipinski definition) is 5. The van der Waals surface area contributed by atoms with E-state index in [2.05, 4.69) is 9.05 Å². The molecule has 0 aliphatic carbocycles. The van der Waals surface area contributed by atoms with Gasteiger partial charge in [-0.3, -0.25) is 4.57 Å². The third-order valence-electron chi connectivity index (χ3n) is 1.92. The monoisotopic (exact) mass is 316 g/mol. The molecule has 0 bridgehead atoms. The summed E-state index contributed by atoms with van der Waals surface area (Å²) in [5.74, 6) is -10.5. The van der Waals surface area contributed by atoms with Gasteiger partial charge >= 0.3 is 19.7 Å². The van der Waals surface area contributed by atoms with E-state index in [4.69, 9.17) is 10.2 Å². The van der Waals surface area contributed by atoms with Gasteiger partial charge in [0.25, 0.3) is 0 Å². The Kier molecular flexibility index (Phi) is 5.92. The summed E-state index contributed by atoms with van der Waals surface area (Å²) >= 11 is 0. The van der Waals surface area contributed by atoms with E-state index in [1.54, 1.807) is 0 Å². The van der Waals surface area contributed by atoms with Gasteiger partial charge in [-0.15, -0.1) is 0 Å². The van der Waals surface area contributed by atoms with E-state index in [-0.39, 0.29) is 13.2 Å². The van der Waals surface area contributed by atoms with Crippen molar-refractivity contribution in [2.75, 3.05) is 19.4 Å². The second-order valence-corrected chi connectivity index (χ2v) is 5.55. The van der Waals surface area contributed by atoms with Crippen LogP contribution in [0.4, 0.5) is 22.0 Å². The van der Waals surface area contributed by atoms with Crippen molar-refractivity contribution in [3.05, 3.63) is 0 Å². The van der Waals surface area contributed by atoms with Crippen LogP contribution in [0.5, 0.6) is 0 Å². The molecule has 11 heteroatoms. The Morgan fingerprint density at radius 3 is 1.63 bits per heavy atom. The van der Waals surface area contributed by atoms with E-state index in [9.17, 15) is 26.5 Å². The first-order valence-corrected chi connectivity index (χ1v) is 6.83. The highest BCUT2D eigenvalue weighted by molar-refractivity contribution is 7.53. The predicted octanol–water partition coefficient (Wildman–Crippen LogP) is 2.13. The van der Waals surface area contributed by atoms with E-state index in [1.165, 1.54) is 13.8 Å². The number of hydrogen-bond donors (Lipinski definition) is 2. The van der Waals surface area contributed by atoms with Gasteiger partial charge in [0.1, 0.15) is 6.16 Å². The second-order valence-electron chi connectivity index (χ2n) is 3.49. The average Bonchev–Trinajstić information content (AvgIpc) is 2.14. The average molecular weight is 316 g/mol. The van der Waals surface area contributed by atoms with Crippen LogP contribution in [0.3, 0.4) is 0 Å². The fourth-order valence-electron chi connectivity index (χ4n) is 1.12. The number of alkyl halides is 5. The van der Waals surface area contributed by atoms with Crippen molar-refractivity contribution in [1.29, 1.82) is 0 Å². The predicted molar refractivity (Wildman–Crippen MR) is 53.9 cm³/mol. The molecule has 0 spiro atoms. The number of halogens is 5. The summed E-state index contributed by atoms with van der Waals surface area (Å²) in [4.78, 5) is 0. The van der Waals surface area contributed by atoms with E-state index in [1.807, 2.05) is 0 Å². The van der Waals surface area contributed by atoms with E-state index >= 15 is 0 Å². The summed E-state index contributed by atoms with van der Waals surface area (Å²) in [5.41, 5.74) is 0. The van der Waals surface area contributed by atoms with Crippen LogP contribution in [-0.4, -0.2) is 47.5 Å². The molecule has 0 atom stereocenters. The van der Waals surface area contributed by atoms with Crippen LogP contribution in [-0.2, 0) is 13.6 Å². The van der Waals surface area contributed by atoms with E-state index < -0.39 is 31.6 Å². The van der Waals surface area contributed by atoms with Crippen molar-refractivity contribution in [1.82, 2.24) is 0 Å². The normalized spacial score (nSPS) is 14.8. The topological polar surface area (TPSA) is 76.0 Å². The quantitative estimate of drug-likeness (QED) is 0.427. The lowest BCUT2D eigenvalue weighted by molar-refractivity contribution is -0.387. The van der Waals surface area contributed by atoms with Crippen LogP contribution in [0.2, 0.25) is 0 Å². The summed E-state index contributed by atoms with van der Waals surface area (Å²) in [6, 6.07) is 0. The molecule has 0 rings (SSSR count). The summed E-state index contributed by atoms with van der Waals surface area (Å²) in [7, 11) is -4.49. The summed E-state index contributed by atoms with van der Waals surface area (Å²) in [5, 5.41) is 17.8. The Balaban J connectivity index is 5.27. The minimum Gasteiger partial charge on any atom is -0.360 e. The lowest BCUT2D eigenvalue weighted by Gasteiger charge is -2.33. The van der Waals surface area contributed by atoms with Gasteiger partial charge < -0.3 is 19.3 Å². The molecule has 0 amide bonds. The highest BCUT2D eigenvalue weighted by Crippen LogP contribution is 2.54. The SMILES string of the molecule is CCOP(=O)(CC(O)(O)C(F)(F)C(F)(F)F)OCC. The highest BCUT2D eigenvalue weighted by Gasteiger charge is 2.71. The Morgan fingerprint density at radius 1 is 1.00 bits per heavy atom. The summed E-state index contributed by atoms with van der Waals surface area (Å²) in [6.07, 6.45) is -8.13. The van der Waals surface area contributed by atoms with Crippen molar-refractivity contribution in [2.24, 2.45) is 0 Å². The minimum atomic E-state index is -6.22. The standard InChI is InChI=1S/C8H14F5O5P/c1-3-17-19(16,18-4-2)5-6(14,15)7(9,10)8(11,12)13/h14-15H,3-5H2,1-2H3. The van der Waals surface area contributed by atoms with Gasteiger partial charge in [-0.1, -0.05) is 0 Å². The largest absolute Gasteiger partial charge is 0.459 e. The molecule has 0 saturated carbocycles. The zero-order valence-electron chi connectivity index (χ0n) is 10.1. The Bertz CT molecular complexity index is 333. The molecule has 0 unspecified atom stereocenters. The molecule has 19 heavy (non-hydrogen) atoms. The lowest BCUT2D eigenvalue weighted by atomic mass is 10.1. The minimum absolute atomic E-state index is 0.328. The van der Waals surface area contributed by atoms with Gasteiger partial charge in [-0.2, -0.15) is 22.0 Å². The van der Waals surface area contributed by atoms with Crippen LogP contribution < -0.4 is 0 Å². The van der Waals surface area contributed by atoms with Crippen LogP contribution in [0.15, 0.2) is 0 Å². The molecular formula is C8H14F5O5P. The molecule has 2 N–H and O–H groups in total. The lowest BCUT2D eigenvalue weighted by Crippen LogP contribution is -2.59. The fraction of sp³-hybridized carbons (Fsp3) is 1.00. The van der Waals surface area contributed by atoms with Gasteiger partial charge in [0.05, 0.1) is 13.2 Å². The van der Waals surface area contributed by atoms with Gasteiger partial charge in [-0.25, -0.2) is 0 Å². The van der Waals surface area contributed by atoms with Crippen molar-refractivity contribution >= 4 is 7.60 Å². The highest BCUT2D eigenvalue weighted by atomic mass is 31.2. The van der Waals surface area contributed by atoms with Crippen LogP contribution in [0.25, 0.3) is 0 Å². The molecule has 0 heterocycles. The van der Waals surface area contributed by atoms with E-state index in [0.29, 0.717) is 0 Å². The number of aliphatic hydroxyl groups is 2. The van der Waals surface area contributed by atoms with Crippen LogP contribution in [0.1, 0.15) is 13.8 Å². The third kappa shape index (κ3) is 4.35. The maximum Gasteiger partial charge on any atom is 0.459 e. The van der Waals surface area contributed by atoms with Crippen LogP contribution >= 0.6 is 7.60 Å². The Labute approximate surface area is 105 Å². The smallest absolute Gasteiger partial charge is 0.360 e. The molecule has 0 aliphatic rings. The van der Waals surface area contributed by atoms with Crippen molar-refractivity contribution in [2.45, 2.75) is 31.7 Å². The van der Waals surface area contributed by atoms with E-state index in [0.717, 1.165) is 0 Å². The third-order valence-corrected chi connectivity index (χ3v) is 4.06. The molecule has 0 aromatic rings. The zero-order chi connectivity index (χ0) is 15.5. The van der Waals surface area contributed by atoms with Gasteiger partial charge in [0.15, 0.2) is 0 Å². The molecule has 0 aromatic heterocycles. The first-order chi connectivity index (χ1) is 8.33. The molecule has 0 aliphatic heterocycles. The molecule has 5 nitrogen and oxygen atoms in total. The van der Waals surface area contributed by atoms with Gasteiger partial charge in [0.2, 0.25) is 5.79 Å². The van der Waals surface area contributed by atoms with Crippen molar-refractivity contribution in [3.63, 3.8) is 0 Å². The second kappa shape index (κ2) is 6.01. The van der Waals surface area contributed by atoms with Crippen molar-refractivity contribution < 1.29 is 45.8 Å². The van der Waals surface area contributed by atoms with Gasteiger partial charge in [-0.05, 0) is 13.8 Å². The maximum absolute atomic E-state index is 12.9. The first kappa shape index (κ1) is 18.7. The molecular weight excluding hydrogens is 302 g/mol. The fourth-order valence-corrected chi connectivity index (χ4v) is 2.90. The molecule has 0 saturated heterocycles. The van der Waals surface area contributed by atoms with Gasteiger partial charge in [0, 0.05) is 0 Å². The maximum atomic E-state index is 12.9. The van der Waals surface area contributed by atoms with Crippen molar-refractivity contribution in [3.8, 4) is 0 Å². The zero-order valence-corrected chi connectivity index (χ0v) is 11.0. The summed E-state index contributed by atoms with van der Waals surface area (Å²) in [6.45, 7) is 1.91. The summed E-state index contributed by atoms with van der Waals surface area (Å²) < 4.78 is 82.4. The Hall–Kier alpha value is -0.280. The van der Waals surface area contributed by atoms with Crippen LogP contribution in [0, 0.1) is 0 Å². The molecule has 0 aromatic carbocycles. The molecule has 116 valence electrons. The first-order valence-electron chi connectivity index (χ1n) is 5.10. The number of rotatable bonds is 7. The molecule has 0 radical (unpaired) electrons. The Morgan fingerprint density at radius 2 is 1.37 bits per heavy atom.